The van der Waals surface area contributed by atoms with Gasteiger partial charge in [0.25, 0.3) is 0 Å². The van der Waals surface area contributed by atoms with Gasteiger partial charge in [-0.05, 0) is 50.0 Å². The molecule has 0 N–H and O–H groups in total. The van der Waals surface area contributed by atoms with E-state index in [2.05, 4.69) is 96.7 Å². The topological polar surface area (TPSA) is 3.88 Å². The summed E-state index contributed by atoms with van der Waals surface area (Å²) in [6.07, 6.45) is 6.48. The number of aromatic nitrogens is 1. The first-order valence-corrected chi connectivity index (χ1v) is 8.60. The number of benzene rings is 4. The molecule has 1 nitrogen and oxygen atoms in total. The third-order valence-electron chi connectivity index (χ3n) is 5.09. The summed E-state index contributed by atoms with van der Waals surface area (Å²) in [6.45, 7) is 0. The second kappa shape index (κ2) is 5.42. The van der Waals surface area contributed by atoms with Crippen LogP contribution in [0.25, 0.3) is 44.5 Å². The molecule has 5 aromatic rings. The maximum Gasteiger partial charge on any atom is 0.204 e. The second-order valence-corrected chi connectivity index (χ2v) is 6.58. The SMILES string of the molecule is C[n+]1ccccc1/C=C/c1ccc2ccc3cccc4ccc1c2c34. The van der Waals surface area contributed by atoms with Gasteiger partial charge < -0.3 is 0 Å². The Kier molecular flexibility index (Phi) is 3.07. The van der Waals surface area contributed by atoms with Gasteiger partial charge in [0.15, 0.2) is 6.20 Å². The predicted molar refractivity (Wildman–Crippen MR) is 107 cm³/mol. The Hall–Kier alpha value is -3.19. The van der Waals surface area contributed by atoms with Crippen LogP contribution in [0.3, 0.4) is 0 Å². The highest BCUT2D eigenvalue weighted by atomic mass is 14.9. The van der Waals surface area contributed by atoms with Crippen molar-refractivity contribution in [2.75, 3.05) is 0 Å². The van der Waals surface area contributed by atoms with Crippen molar-refractivity contribution in [3.63, 3.8) is 0 Å². The lowest BCUT2D eigenvalue weighted by atomic mass is 9.92. The van der Waals surface area contributed by atoms with Gasteiger partial charge in [0.05, 0.1) is 0 Å². The molecular weight excluding hydrogens is 302 g/mol. The van der Waals surface area contributed by atoms with E-state index >= 15 is 0 Å². The maximum absolute atomic E-state index is 2.26. The maximum atomic E-state index is 2.26. The zero-order valence-electron chi connectivity index (χ0n) is 14.1. The lowest BCUT2D eigenvalue weighted by Gasteiger charge is -2.12. The lowest BCUT2D eigenvalue weighted by Crippen LogP contribution is -2.30. The fourth-order valence-corrected chi connectivity index (χ4v) is 3.79. The Morgan fingerprint density at radius 1 is 0.640 bits per heavy atom. The van der Waals surface area contributed by atoms with Crippen molar-refractivity contribution in [3.05, 3.63) is 90.3 Å². The largest absolute Gasteiger partial charge is 0.204 e. The molecular formula is C24H18N+. The molecule has 0 fully saturated rings. The first-order chi connectivity index (χ1) is 12.3. The monoisotopic (exact) mass is 320 g/mol. The van der Waals surface area contributed by atoms with E-state index in [9.17, 15) is 0 Å². The van der Waals surface area contributed by atoms with Gasteiger partial charge in [0.2, 0.25) is 5.69 Å². The third kappa shape index (κ3) is 2.20. The summed E-state index contributed by atoms with van der Waals surface area (Å²) < 4.78 is 2.13. The van der Waals surface area contributed by atoms with Gasteiger partial charge in [-0.25, -0.2) is 4.57 Å². The Labute approximate surface area is 146 Å². The third-order valence-corrected chi connectivity index (χ3v) is 5.09. The number of hydrogen-bond donors (Lipinski definition) is 0. The van der Waals surface area contributed by atoms with E-state index in [-0.39, 0.29) is 0 Å². The molecule has 0 aliphatic heterocycles. The molecule has 0 saturated carbocycles. The number of hydrogen-bond acceptors (Lipinski definition) is 0. The van der Waals surface area contributed by atoms with Crippen molar-refractivity contribution >= 4 is 44.5 Å². The van der Waals surface area contributed by atoms with Gasteiger partial charge in [-0.2, -0.15) is 0 Å². The molecule has 0 unspecified atom stereocenters. The van der Waals surface area contributed by atoms with Crippen LogP contribution in [-0.2, 0) is 7.05 Å². The van der Waals surface area contributed by atoms with Crippen LogP contribution in [-0.4, -0.2) is 0 Å². The first-order valence-electron chi connectivity index (χ1n) is 8.60. The van der Waals surface area contributed by atoms with Crippen molar-refractivity contribution in [2.24, 2.45) is 7.05 Å². The molecule has 0 spiro atoms. The summed E-state index contributed by atoms with van der Waals surface area (Å²) >= 11 is 0. The predicted octanol–water partition coefficient (Wildman–Crippen LogP) is 5.58. The van der Waals surface area contributed by atoms with Crippen molar-refractivity contribution < 1.29 is 4.57 Å². The first kappa shape index (κ1) is 14.2. The quantitative estimate of drug-likeness (QED) is 0.295. The van der Waals surface area contributed by atoms with E-state index < -0.39 is 0 Å². The Morgan fingerprint density at radius 2 is 1.36 bits per heavy atom. The summed E-state index contributed by atoms with van der Waals surface area (Å²) in [5.41, 5.74) is 2.45. The minimum atomic E-state index is 1.19. The molecule has 0 aliphatic carbocycles. The summed E-state index contributed by atoms with van der Waals surface area (Å²) in [7, 11) is 2.07. The molecule has 0 amide bonds. The molecule has 4 aromatic carbocycles. The standard InChI is InChI=1S/C24H18N/c1-25-16-3-2-7-21(25)14-12-17-8-9-20-11-10-18-5-4-6-19-13-15-22(17)24(20)23(18)19/h2-16H,1H3/q+1/b14-12+. The van der Waals surface area contributed by atoms with Crippen LogP contribution in [0.1, 0.15) is 11.3 Å². The molecule has 1 aromatic heterocycles. The minimum absolute atomic E-state index is 1.19. The fourth-order valence-electron chi connectivity index (χ4n) is 3.79. The highest BCUT2D eigenvalue weighted by Crippen LogP contribution is 2.36. The van der Waals surface area contributed by atoms with Crippen LogP contribution in [0.2, 0.25) is 0 Å². The lowest BCUT2D eigenvalue weighted by molar-refractivity contribution is -0.673. The highest BCUT2D eigenvalue weighted by molar-refractivity contribution is 6.24. The van der Waals surface area contributed by atoms with Crippen LogP contribution in [0, 0.1) is 0 Å². The van der Waals surface area contributed by atoms with Crippen LogP contribution in [0.4, 0.5) is 0 Å². The summed E-state index contributed by atoms with van der Waals surface area (Å²) in [4.78, 5) is 0. The van der Waals surface area contributed by atoms with Crippen molar-refractivity contribution in [3.8, 4) is 0 Å². The molecule has 0 aliphatic rings. The fraction of sp³-hybridized carbons (Fsp3) is 0.0417. The van der Waals surface area contributed by atoms with Gasteiger partial charge in [-0.1, -0.05) is 54.6 Å². The van der Waals surface area contributed by atoms with Gasteiger partial charge in [-0.3, -0.25) is 0 Å². The highest BCUT2D eigenvalue weighted by Gasteiger charge is 2.09. The normalized spacial score (nSPS) is 12.0. The van der Waals surface area contributed by atoms with E-state index in [1.54, 1.807) is 0 Å². The van der Waals surface area contributed by atoms with E-state index in [0.717, 1.165) is 0 Å². The Morgan fingerprint density at radius 3 is 2.16 bits per heavy atom. The van der Waals surface area contributed by atoms with E-state index in [1.165, 1.54) is 43.6 Å². The molecule has 0 atom stereocenters. The van der Waals surface area contributed by atoms with Gasteiger partial charge >= 0.3 is 0 Å². The molecule has 0 radical (unpaired) electrons. The van der Waals surface area contributed by atoms with Crippen LogP contribution < -0.4 is 4.57 Å². The molecule has 118 valence electrons. The minimum Gasteiger partial charge on any atom is -0.202 e. The number of rotatable bonds is 2. The van der Waals surface area contributed by atoms with Crippen molar-refractivity contribution in [1.82, 2.24) is 0 Å². The van der Waals surface area contributed by atoms with Gasteiger partial charge in [-0.15, -0.1) is 0 Å². The summed E-state index contributed by atoms with van der Waals surface area (Å²) in [5, 5.41) is 7.99. The van der Waals surface area contributed by atoms with Crippen LogP contribution in [0.15, 0.2) is 79.0 Å². The number of pyridine rings is 1. The zero-order valence-corrected chi connectivity index (χ0v) is 14.1. The Bertz CT molecular complexity index is 1230. The summed E-state index contributed by atoms with van der Waals surface area (Å²) in [6, 6.07) is 26.2. The molecule has 1 heterocycles. The average molecular weight is 320 g/mol. The Balaban J connectivity index is 1.78. The van der Waals surface area contributed by atoms with E-state index in [4.69, 9.17) is 0 Å². The molecule has 0 saturated heterocycles. The molecule has 0 bridgehead atoms. The summed E-state index contributed by atoms with van der Waals surface area (Å²) in [5.74, 6) is 0. The number of aryl methyl sites for hydroxylation is 1. The van der Waals surface area contributed by atoms with Gasteiger partial charge in [0.1, 0.15) is 7.05 Å². The van der Waals surface area contributed by atoms with Crippen LogP contribution in [0.5, 0.6) is 0 Å². The van der Waals surface area contributed by atoms with Crippen molar-refractivity contribution in [2.45, 2.75) is 0 Å². The number of nitrogens with zero attached hydrogens (tertiary/aromatic N) is 1. The van der Waals surface area contributed by atoms with Crippen molar-refractivity contribution in [1.29, 1.82) is 0 Å². The second-order valence-electron chi connectivity index (χ2n) is 6.58. The van der Waals surface area contributed by atoms with E-state index in [0.29, 0.717) is 0 Å². The average Bonchev–Trinajstić information content (AvgIpc) is 2.66. The smallest absolute Gasteiger partial charge is 0.202 e. The van der Waals surface area contributed by atoms with Crippen LogP contribution >= 0.6 is 0 Å². The van der Waals surface area contributed by atoms with E-state index in [1.807, 2.05) is 6.07 Å². The zero-order chi connectivity index (χ0) is 16.8. The molecule has 25 heavy (non-hydrogen) atoms. The molecule has 5 rings (SSSR count). The molecule has 1 heteroatoms. The van der Waals surface area contributed by atoms with Gasteiger partial charge in [0, 0.05) is 18.2 Å².